The van der Waals surface area contributed by atoms with Crippen LogP contribution in [0.1, 0.15) is 85.2 Å². The van der Waals surface area contributed by atoms with Gasteiger partial charge in [0.1, 0.15) is 29.9 Å². The number of esters is 2. The second-order valence-corrected chi connectivity index (χ2v) is 17.7. The molecule has 4 saturated carbocycles. The van der Waals surface area contributed by atoms with Crippen LogP contribution in [0.4, 0.5) is 0 Å². The lowest BCUT2D eigenvalue weighted by Gasteiger charge is -2.74. The second-order valence-electron chi connectivity index (χ2n) is 16.1. The van der Waals surface area contributed by atoms with Crippen LogP contribution in [0.15, 0.2) is 30.2 Å². The molecule has 5 aliphatic carbocycles. The van der Waals surface area contributed by atoms with Crippen LogP contribution in [0.25, 0.3) is 0 Å². The predicted molar refractivity (Wildman–Crippen MR) is 181 cm³/mol. The van der Waals surface area contributed by atoms with E-state index < -0.39 is 97.5 Å². The molecular weight excluding hydrogens is 714 g/mol. The lowest BCUT2D eigenvalue weighted by atomic mass is 9.35. The van der Waals surface area contributed by atoms with Gasteiger partial charge in [-0.3, -0.25) is 28.2 Å². The maximum Gasteiger partial charge on any atom is 0.306 e. The fraction of sp³-hybridized carbons (Fsp3) is 0.649. The number of carbonyl (C=O) groups is 5. The molecule has 1 aromatic rings. The normalized spacial score (nSPS) is 36.7. The van der Waals surface area contributed by atoms with E-state index in [0.717, 1.165) is 12.3 Å². The third kappa shape index (κ3) is 5.19. The number of allylic oxidation sites excluding steroid dienone is 2. The van der Waals surface area contributed by atoms with E-state index in [9.17, 15) is 42.6 Å². The quantitative estimate of drug-likeness (QED) is 0.199. The molecule has 6 fully saturated rings. The average Bonchev–Trinajstić information content (AvgIpc) is 3.47. The van der Waals surface area contributed by atoms with Crippen molar-refractivity contribution in [2.45, 2.75) is 89.5 Å². The fourth-order valence-corrected chi connectivity index (χ4v) is 11.7. The molecule has 53 heavy (non-hydrogen) atoms. The van der Waals surface area contributed by atoms with E-state index >= 15 is 0 Å². The average molecular weight is 760 g/mol. The highest BCUT2D eigenvalue weighted by atomic mass is 32.2. The van der Waals surface area contributed by atoms with Gasteiger partial charge in [-0.25, -0.2) is 0 Å². The molecule has 8 rings (SSSR count). The van der Waals surface area contributed by atoms with Crippen LogP contribution in [0.5, 0.6) is 0 Å². The van der Waals surface area contributed by atoms with Crippen LogP contribution in [-0.4, -0.2) is 96.6 Å². The van der Waals surface area contributed by atoms with Gasteiger partial charge in [0.05, 0.1) is 31.6 Å². The number of aryl methyl sites for hydroxylation is 1. The van der Waals surface area contributed by atoms with E-state index in [0.29, 0.717) is 31.2 Å². The van der Waals surface area contributed by atoms with E-state index in [1.54, 1.807) is 7.05 Å². The summed E-state index contributed by atoms with van der Waals surface area (Å²) in [4.78, 5) is 66.1. The molecule has 2 aliphatic heterocycles. The summed E-state index contributed by atoms with van der Waals surface area (Å²) >= 11 is 0. The SMILES string of the molecule is C=C1C(=O)[C@]23[C@H](OC(=O)CCCC(=O)OCc4cn(C)c5c4C(=O)C(OC)=CC5=O)[C@H]1CC[C@H]2[C@@]12CO[C@@]3(O)[C@@H](O)[C@@H]1C(C)(C)CCC2OS(C)(=O)=O. The summed E-state index contributed by atoms with van der Waals surface area (Å²) in [5.41, 5.74) is -3.13. The van der Waals surface area contributed by atoms with Gasteiger partial charge in [-0.1, -0.05) is 20.4 Å². The minimum Gasteiger partial charge on any atom is -0.492 e. The van der Waals surface area contributed by atoms with Crippen molar-refractivity contribution in [1.29, 1.82) is 0 Å². The van der Waals surface area contributed by atoms with Gasteiger partial charge in [0, 0.05) is 55.0 Å². The summed E-state index contributed by atoms with van der Waals surface area (Å²) in [6.07, 6.45) is 0.664. The summed E-state index contributed by atoms with van der Waals surface area (Å²) < 4.78 is 54.9. The zero-order chi connectivity index (χ0) is 38.6. The van der Waals surface area contributed by atoms with Crippen LogP contribution < -0.4 is 0 Å². The molecule has 15 nitrogen and oxygen atoms in total. The molecule has 4 bridgehead atoms. The van der Waals surface area contributed by atoms with Crippen molar-refractivity contribution >= 4 is 39.4 Å². The molecule has 0 radical (unpaired) electrons. The Balaban J connectivity index is 1.08. The number of hydrogen-bond acceptors (Lipinski definition) is 14. The third-order valence-electron chi connectivity index (χ3n) is 12.9. The van der Waals surface area contributed by atoms with Crippen LogP contribution in [0.2, 0.25) is 0 Å². The van der Waals surface area contributed by atoms with Crippen molar-refractivity contribution in [1.82, 2.24) is 4.57 Å². The number of ketones is 3. The van der Waals surface area contributed by atoms with Gasteiger partial charge in [0.25, 0.3) is 10.1 Å². The minimum atomic E-state index is -4.00. The van der Waals surface area contributed by atoms with E-state index in [2.05, 4.69) is 6.58 Å². The summed E-state index contributed by atoms with van der Waals surface area (Å²) in [6, 6.07) is 0. The van der Waals surface area contributed by atoms with Crippen LogP contribution in [-0.2, 0) is 61.3 Å². The fourth-order valence-electron chi connectivity index (χ4n) is 11.1. The molecule has 3 heterocycles. The molecule has 0 aromatic carbocycles. The number of aromatic nitrogens is 1. The Morgan fingerprint density at radius 1 is 1.11 bits per heavy atom. The lowest BCUT2D eigenvalue weighted by Crippen LogP contribution is -2.86. The Labute approximate surface area is 306 Å². The number of aliphatic hydroxyl groups excluding tert-OH is 1. The van der Waals surface area contributed by atoms with Gasteiger partial charge in [-0.15, -0.1) is 0 Å². The van der Waals surface area contributed by atoms with E-state index in [-0.39, 0.29) is 55.1 Å². The van der Waals surface area contributed by atoms with Gasteiger partial charge in [-0.05, 0) is 49.0 Å². The van der Waals surface area contributed by atoms with Crippen molar-refractivity contribution in [3.05, 3.63) is 47.0 Å². The number of Topliss-reactive ketones (excluding diaryl/α,β-unsaturated/α-hetero) is 2. The Hall–Kier alpha value is -3.70. The zero-order valence-corrected chi connectivity index (χ0v) is 31.2. The van der Waals surface area contributed by atoms with E-state index in [4.69, 9.17) is 23.1 Å². The molecule has 2 saturated heterocycles. The Morgan fingerprint density at radius 2 is 1.81 bits per heavy atom. The molecule has 2 spiro atoms. The summed E-state index contributed by atoms with van der Waals surface area (Å²) in [6.45, 7) is 7.41. The molecule has 2 N–H and O–H groups in total. The molecular formula is C37H45NO14S. The predicted octanol–water partition coefficient (Wildman–Crippen LogP) is 2.07. The highest BCUT2D eigenvalue weighted by molar-refractivity contribution is 7.86. The minimum absolute atomic E-state index is 0.00485. The summed E-state index contributed by atoms with van der Waals surface area (Å²) in [5.74, 6) is -7.75. The largest absolute Gasteiger partial charge is 0.492 e. The zero-order valence-electron chi connectivity index (χ0n) is 30.3. The highest BCUT2D eigenvalue weighted by Crippen LogP contribution is 2.77. The molecule has 7 aliphatic rings. The number of aliphatic hydroxyl groups is 2. The third-order valence-corrected chi connectivity index (χ3v) is 13.5. The number of fused-ring (bicyclic) bond motifs is 3. The molecule has 288 valence electrons. The van der Waals surface area contributed by atoms with Gasteiger partial charge in [-0.2, -0.15) is 8.42 Å². The van der Waals surface area contributed by atoms with Crippen molar-refractivity contribution in [3.63, 3.8) is 0 Å². The lowest BCUT2D eigenvalue weighted by molar-refractivity contribution is -0.456. The second kappa shape index (κ2) is 12.4. The monoisotopic (exact) mass is 759 g/mol. The van der Waals surface area contributed by atoms with Crippen LogP contribution >= 0.6 is 0 Å². The standard InChI is InChI=1S/C37H45NO14S/c1-18-20-10-11-23-35-17-50-37(45,32(44)30(35)34(2,3)13-12-24(35)52-53(6,46)47)36(23,31(18)43)33(20)51-26(41)9-7-8-25(40)49-16-19-15-38(4)28-21(39)14-22(48-5)29(42)27(19)28/h14-15,20,23-24,30,32-33,44-45H,1,7-13,16-17H2,2-6H3/t20-,23-,24?,30+,32-,33+,35+,36-,37-/m0/s1. The first-order chi connectivity index (χ1) is 24.8. The van der Waals surface area contributed by atoms with Gasteiger partial charge in [0.2, 0.25) is 17.4 Å². The molecule has 1 unspecified atom stereocenters. The number of nitrogens with zero attached hydrogens (tertiary/aromatic N) is 1. The summed E-state index contributed by atoms with van der Waals surface area (Å²) in [5, 5.41) is 24.5. The Kier molecular flexibility index (Phi) is 8.81. The number of hydrogen-bond donors (Lipinski definition) is 2. The van der Waals surface area contributed by atoms with Crippen molar-refractivity contribution in [2.24, 2.45) is 41.0 Å². The molecule has 16 heteroatoms. The first-order valence-electron chi connectivity index (χ1n) is 17.8. The maximum atomic E-state index is 14.4. The summed E-state index contributed by atoms with van der Waals surface area (Å²) in [7, 11) is -1.13. The van der Waals surface area contributed by atoms with Crippen molar-refractivity contribution in [2.75, 3.05) is 20.0 Å². The molecule has 9 atom stereocenters. The number of carbonyl (C=O) groups excluding carboxylic acids is 5. The van der Waals surface area contributed by atoms with Crippen LogP contribution in [0, 0.1) is 34.0 Å². The topological polar surface area (TPSA) is 211 Å². The van der Waals surface area contributed by atoms with Gasteiger partial charge in [0.15, 0.2) is 11.5 Å². The molecule has 1 aromatic heterocycles. The number of methoxy groups -OCH3 is 1. The Bertz CT molecular complexity index is 1980. The number of rotatable bonds is 10. The molecule has 0 amide bonds. The van der Waals surface area contributed by atoms with Gasteiger partial charge >= 0.3 is 11.9 Å². The first kappa shape index (κ1) is 37.6. The Morgan fingerprint density at radius 3 is 2.49 bits per heavy atom. The smallest absolute Gasteiger partial charge is 0.306 e. The van der Waals surface area contributed by atoms with E-state index in [1.165, 1.54) is 17.9 Å². The van der Waals surface area contributed by atoms with Crippen LogP contribution in [0.3, 0.4) is 0 Å². The van der Waals surface area contributed by atoms with Crippen molar-refractivity contribution in [3.8, 4) is 0 Å². The highest BCUT2D eigenvalue weighted by Gasteiger charge is 2.88. The number of ether oxygens (including phenoxy) is 4. The first-order valence-corrected chi connectivity index (χ1v) is 19.6. The van der Waals surface area contributed by atoms with E-state index in [1.807, 2.05) is 13.8 Å². The maximum absolute atomic E-state index is 14.4. The van der Waals surface area contributed by atoms with Gasteiger partial charge < -0.3 is 33.7 Å². The van der Waals surface area contributed by atoms with Crippen molar-refractivity contribution < 1.29 is 65.7 Å².